The highest BCUT2D eigenvalue weighted by Crippen LogP contribution is 2.43. The molecule has 4 rings (SSSR count). The maximum absolute atomic E-state index is 13.5. The van der Waals surface area contributed by atoms with Crippen molar-refractivity contribution >= 4 is 11.8 Å². The van der Waals surface area contributed by atoms with Crippen LogP contribution in [0, 0.1) is 13.8 Å². The smallest absolute Gasteiger partial charge is 0.290 e. The molecule has 1 spiro atoms. The summed E-state index contributed by atoms with van der Waals surface area (Å²) in [5, 5.41) is 0. The number of nitrogens with zero attached hydrogens (tertiary/aromatic N) is 4. The van der Waals surface area contributed by atoms with Gasteiger partial charge in [0.25, 0.3) is 5.91 Å². The number of fused-ring (bicyclic) bond motifs is 2. The molecule has 4 heterocycles. The molecule has 144 valence electrons. The van der Waals surface area contributed by atoms with Gasteiger partial charge < -0.3 is 18.8 Å². The first-order valence-electron chi connectivity index (χ1n) is 9.55. The van der Waals surface area contributed by atoms with E-state index in [2.05, 4.69) is 4.98 Å². The van der Waals surface area contributed by atoms with Gasteiger partial charge in [-0.3, -0.25) is 9.59 Å². The van der Waals surface area contributed by atoms with Crippen LogP contribution in [0.25, 0.3) is 0 Å². The van der Waals surface area contributed by atoms with E-state index in [9.17, 15) is 9.59 Å². The van der Waals surface area contributed by atoms with Crippen molar-refractivity contribution in [3.8, 4) is 0 Å². The number of aryl methyl sites for hydroxylation is 3. The van der Waals surface area contributed by atoms with E-state index in [1.807, 2.05) is 54.6 Å². The zero-order valence-corrected chi connectivity index (χ0v) is 16.4. The molecule has 1 atom stereocenters. The number of amides is 2. The van der Waals surface area contributed by atoms with E-state index in [-0.39, 0.29) is 11.8 Å². The van der Waals surface area contributed by atoms with E-state index in [0.717, 1.165) is 29.1 Å². The van der Waals surface area contributed by atoms with Gasteiger partial charge in [-0.1, -0.05) is 6.92 Å². The number of rotatable bonds is 2. The van der Waals surface area contributed by atoms with Crippen LogP contribution in [-0.2, 0) is 23.8 Å². The van der Waals surface area contributed by atoms with Crippen molar-refractivity contribution < 1.29 is 14.0 Å². The number of likely N-dealkylation sites (tertiary alicyclic amines) is 1. The molecule has 2 aromatic heterocycles. The van der Waals surface area contributed by atoms with Crippen LogP contribution < -0.4 is 0 Å². The molecule has 0 saturated carbocycles. The van der Waals surface area contributed by atoms with E-state index in [0.29, 0.717) is 38.2 Å². The topological polar surface area (TPSA) is 71.6 Å². The summed E-state index contributed by atoms with van der Waals surface area (Å²) in [6.07, 6.45) is 3.73. The minimum absolute atomic E-state index is 0.109. The molecule has 7 nitrogen and oxygen atoms in total. The van der Waals surface area contributed by atoms with Gasteiger partial charge in [0.15, 0.2) is 5.76 Å². The fraction of sp³-hybridized carbons (Fsp3) is 0.550. The summed E-state index contributed by atoms with van der Waals surface area (Å²) in [5.41, 5.74) is 2.34. The number of imidazole rings is 1. The standard InChI is InChI=1S/C20H26N4O3/c1-5-16(25)23-9-7-20(11-23)18-15(22(4)12-21-18)6-8-24(20)19(26)17-13(2)10-14(3)27-17/h10,12H,5-9,11H2,1-4H3. The highest BCUT2D eigenvalue weighted by atomic mass is 16.4. The predicted octanol–water partition coefficient (Wildman–Crippen LogP) is 2.17. The summed E-state index contributed by atoms with van der Waals surface area (Å²) in [7, 11) is 1.99. The van der Waals surface area contributed by atoms with Crippen molar-refractivity contribution in [2.75, 3.05) is 19.6 Å². The van der Waals surface area contributed by atoms with Crippen molar-refractivity contribution in [2.45, 2.75) is 45.6 Å². The largest absolute Gasteiger partial charge is 0.456 e. The lowest BCUT2D eigenvalue weighted by Gasteiger charge is -2.43. The van der Waals surface area contributed by atoms with Crippen molar-refractivity contribution in [1.82, 2.24) is 19.4 Å². The van der Waals surface area contributed by atoms with Gasteiger partial charge in [-0.05, 0) is 26.3 Å². The lowest BCUT2D eigenvalue weighted by atomic mass is 9.85. The Balaban J connectivity index is 1.78. The molecule has 2 aliphatic heterocycles. The molecule has 7 heteroatoms. The van der Waals surface area contributed by atoms with Gasteiger partial charge in [0.2, 0.25) is 5.91 Å². The van der Waals surface area contributed by atoms with Gasteiger partial charge in [-0.15, -0.1) is 0 Å². The van der Waals surface area contributed by atoms with Crippen LogP contribution in [0.4, 0.5) is 0 Å². The molecule has 1 saturated heterocycles. The summed E-state index contributed by atoms with van der Waals surface area (Å²) >= 11 is 0. The third-order valence-electron chi connectivity index (χ3n) is 5.97. The molecule has 1 fully saturated rings. The fourth-order valence-electron chi connectivity index (χ4n) is 4.61. The van der Waals surface area contributed by atoms with Gasteiger partial charge in [0.1, 0.15) is 11.3 Å². The fourth-order valence-corrected chi connectivity index (χ4v) is 4.61. The molecule has 0 aromatic carbocycles. The molecule has 0 radical (unpaired) electrons. The Bertz CT molecular complexity index is 912. The van der Waals surface area contributed by atoms with Crippen LogP contribution in [0.15, 0.2) is 16.8 Å². The summed E-state index contributed by atoms with van der Waals surface area (Å²) < 4.78 is 7.76. The first-order chi connectivity index (χ1) is 12.9. The van der Waals surface area contributed by atoms with Gasteiger partial charge in [-0.2, -0.15) is 0 Å². The van der Waals surface area contributed by atoms with Gasteiger partial charge in [-0.25, -0.2) is 4.98 Å². The highest BCUT2D eigenvalue weighted by molar-refractivity contribution is 5.94. The van der Waals surface area contributed by atoms with E-state index in [1.165, 1.54) is 0 Å². The molecule has 2 aromatic rings. The van der Waals surface area contributed by atoms with Crippen LogP contribution in [-0.4, -0.2) is 50.8 Å². The van der Waals surface area contributed by atoms with Crippen molar-refractivity contribution in [2.24, 2.45) is 7.05 Å². The number of hydrogen-bond donors (Lipinski definition) is 0. The number of carbonyl (C=O) groups is 2. The molecule has 27 heavy (non-hydrogen) atoms. The second-order valence-electron chi connectivity index (χ2n) is 7.68. The van der Waals surface area contributed by atoms with Crippen LogP contribution >= 0.6 is 0 Å². The highest BCUT2D eigenvalue weighted by Gasteiger charge is 2.52. The van der Waals surface area contributed by atoms with Crippen LogP contribution in [0.2, 0.25) is 0 Å². The molecule has 0 bridgehead atoms. The average molecular weight is 370 g/mol. The first kappa shape index (κ1) is 17.8. The lowest BCUT2D eigenvalue weighted by molar-refractivity contribution is -0.130. The van der Waals surface area contributed by atoms with E-state index < -0.39 is 5.54 Å². The first-order valence-corrected chi connectivity index (χ1v) is 9.55. The summed E-state index contributed by atoms with van der Waals surface area (Å²) in [4.78, 5) is 34.2. The Morgan fingerprint density at radius 3 is 2.74 bits per heavy atom. The third kappa shape index (κ3) is 2.59. The van der Waals surface area contributed by atoms with Gasteiger partial charge in [0, 0.05) is 50.8 Å². The number of furan rings is 1. The predicted molar refractivity (Wildman–Crippen MR) is 99.3 cm³/mol. The second-order valence-corrected chi connectivity index (χ2v) is 7.68. The van der Waals surface area contributed by atoms with Crippen LogP contribution in [0.5, 0.6) is 0 Å². The minimum Gasteiger partial charge on any atom is -0.456 e. The van der Waals surface area contributed by atoms with E-state index >= 15 is 0 Å². The Morgan fingerprint density at radius 1 is 1.30 bits per heavy atom. The Labute approximate surface area is 158 Å². The molecule has 1 unspecified atom stereocenters. The molecule has 0 N–H and O–H groups in total. The summed E-state index contributed by atoms with van der Waals surface area (Å²) in [5.74, 6) is 1.14. The second kappa shape index (κ2) is 6.25. The minimum atomic E-state index is -0.579. The lowest BCUT2D eigenvalue weighted by Crippen LogP contribution is -2.55. The van der Waals surface area contributed by atoms with E-state index in [1.54, 1.807) is 0 Å². The van der Waals surface area contributed by atoms with Crippen molar-refractivity contribution in [1.29, 1.82) is 0 Å². The molecule has 0 aliphatic carbocycles. The van der Waals surface area contributed by atoms with Crippen molar-refractivity contribution in [3.63, 3.8) is 0 Å². The normalized spacial score (nSPS) is 21.8. The third-order valence-corrected chi connectivity index (χ3v) is 5.97. The van der Waals surface area contributed by atoms with E-state index in [4.69, 9.17) is 4.42 Å². The van der Waals surface area contributed by atoms with Gasteiger partial charge in [0.05, 0.1) is 12.0 Å². The molecule has 2 amide bonds. The van der Waals surface area contributed by atoms with Crippen LogP contribution in [0.1, 0.15) is 53.0 Å². The zero-order valence-electron chi connectivity index (χ0n) is 16.4. The molecular formula is C20H26N4O3. The Morgan fingerprint density at radius 2 is 2.07 bits per heavy atom. The molecule has 2 aliphatic rings. The maximum Gasteiger partial charge on any atom is 0.290 e. The summed E-state index contributed by atoms with van der Waals surface area (Å²) in [6.45, 7) is 7.35. The SMILES string of the molecule is CCC(=O)N1CCC2(C1)c1ncn(C)c1CCN2C(=O)c1oc(C)cc1C. The number of aromatic nitrogens is 2. The summed E-state index contributed by atoms with van der Waals surface area (Å²) in [6, 6.07) is 1.89. The Kier molecular flexibility index (Phi) is 4.13. The van der Waals surface area contributed by atoms with Crippen LogP contribution in [0.3, 0.4) is 0 Å². The van der Waals surface area contributed by atoms with Gasteiger partial charge >= 0.3 is 0 Å². The maximum atomic E-state index is 13.5. The number of hydrogen-bond acceptors (Lipinski definition) is 4. The Hall–Kier alpha value is -2.57. The quantitative estimate of drug-likeness (QED) is 0.812. The zero-order chi connectivity index (χ0) is 19.3. The van der Waals surface area contributed by atoms with Crippen molar-refractivity contribution in [3.05, 3.63) is 40.9 Å². The molecular weight excluding hydrogens is 344 g/mol. The number of carbonyl (C=O) groups excluding carboxylic acids is 2. The average Bonchev–Trinajstić information content (AvgIpc) is 3.33. The monoisotopic (exact) mass is 370 g/mol.